The largest absolute Gasteiger partial charge is 0.419 e. The van der Waals surface area contributed by atoms with Gasteiger partial charge in [0.25, 0.3) is 0 Å². The first-order valence-electron chi connectivity index (χ1n) is 16.0. The lowest BCUT2D eigenvalue weighted by Gasteiger charge is -2.41. The normalized spacial score (nSPS) is 36.5. The molecule has 0 aliphatic heterocycles. The van der Waals surface area contributed by atoms with Crippen molar-refractivity contribution in [2.45, 2.75) is 75.6 Å². The predicted octanol–water partition coefficient (Wildman–Crippen LogP) is 9.93. The molecule has 0 radical (unpaired) electrons. The highest BCUT2D eigenvalue weighted by molar-refractivity contribution is 5.95. The second kappa shape index (κ2) is 11.2. The topological polar surface area (TPSA) is 60.0 Å². The third-order valence-corrected chi connectivity index (χ3v) is 12.3. The van der Waals surface area contributed by atoms with Crippen molar-refractivity contribution in [2.75, 3.05) is 0 Å². The summed E-state index contributed by atoms with van der Waals surface area (Å²) in [6.07, 6.45) is -1.72. The van der Waals surface area contributed by atoms with E-state index < -0.39 is 35.1 Å². The minimum absolute atomic E-state index is 0.0168. The van der Waals surface area contributed by atoms with E-state index >= 15 is 0 Å². The van der Waals surface area contributed by atoms with E-state index in [2.05, 4.69) is 4.99 Å². The van der Waals surface area contributed by atoms with Crippen molar-refractivity contribution in [2.24, 2.45) is 52.3 Å². The van der Waals surface area contributed by atoms with Crippen LogP contribution in [0.1, 0.15) is 85.5 Å². The predicted molar refractivity (Wildman–Crippen MR) is 154 cm³/mol. The zero-order valence-electron chi connectivity index (χ0n) is 24.8. The number of halogens is 8. The van der Waals surface area contributed by atoms with Crippen molar-refractivity contribution >= 4 is 11.4 Å². The molecule has 0 heterocycles. The number of benzene rings is 2. The average molecular weight is 648 g/mol. The Morgan fingerprint density at radius 2 is 1.09 bits per heavy atom. The summed E-state index contributed by atoms with van der Waals surface area (Å²) in [7, 11) is 0. The number of nitrogens with one attached hydrogen (secondary N) is 1. The smallest absolute Gasteiger partial charge is 0.309 e. The molecule has 244 valence electrons. The van der Waals surface area contributed by atoms with E-state index in [9.17, 15) is 45.8 Å². The van der Waals surface area contributed by atoms with Crippen LogP contribution in [0.5, 0.6) is 0 Å². The van der Waals surface area contributed by atoms with Crippen molar-refractivity contribution in [3.63, 3.8) is 0 Å². The maximum Gasteiger partial charge on any atom is 0.419 e. The standard InChI is InChI=1S/C35H33F8N3/c36-30-11-18(3-7-28(30)34(38,39)40)16-1-5-20-22-13-23-21-6-2-17(19-4-8-29(31(37)12-19)35(41,42)43)10-26(21)33(46-15-44)27(23)14-25(22)32(45)24(20)9-16/h3-4,7-8,11-12,16-17,20-27,45H,1-2,5-6,9-10,13-14H2. The van der Waals surface area contributed by atoms with Gasteiger partial charge < -0.3 is 5.41 Å². The molecule has 5 aliphatic carbocycles. The Morgan fingerprint density at radius 3 is 1.59 bits per heavy atom. The van der Waals surface area contributed by atoms with E-state index in [1.165, 1.54) is 12.1 Å². The van der Waals surface area contributed by atoms with Crippen LogP contribution >= 0.6 is 0 Å². The number of alkyl halides is 6. The zero-order valence-corrected chi connectivity index (χ0v) is 24.8. The van der Waals surface area contributed by atoms with Gasteiger partial charge in [-0.2, -0.15) is 36.6 Å². The molecule has 3 nitrogen and oxygen atoms in total. The SMILES string of the molecule is N#CN=C1C2CC(c3ccc(C(F)(F)F)c(F)c3)CCC2C2CC3C(CC12)C(=N)C1CC(c2ccc(C(F)(F)F)c(F)c2)CCC13. The molecule has 0 spiro atoms. The van der Waals surface area contributed by atoms with Crippen molar-refractivity contribution in [1.82, 2.24) is 0 Å². The van der Waals surface area contributed by atoms with Gasteiger partial charge in [-0.05, 0) is 122 Å². The first-order valence-corrected chi connectivity index (χ1v) is 16.0. The van der Waals surface area contributed by atoms with Gasteiger partial charge in [-0.3, -0.25) is 0 Å². The van der Waals surface area contributed by atoms with E-state index in [-0.39, 0.29) is 59.2 Å². The summed E-state index contributed by atoms with van der Waals surface area (Å²) >= 11 is 0. The Labute approximate surface area is 261 Å². The third-order valence-electron chi connectivity index (χ3n) is 12.3. The number of hydrogen-bond donors (Lipinski definition) is 1. The lowest BCUT2D eigenvalue weighted by Crippen LogP contribution is -2.35. The average Bonchev–Trinajstić information content (AvgIpc) is 3.45. The van der Waals surface area contributed by atoms with Gasteiger partial charge in [-0.15, -0.1) is 0 Å². The minimum atomic E-state index is -4.77. The van der Waals surface area contributed by atoms with Crippen LogP contribution in [-0.2, 0) is 12.4 Å². The highest BCUT2D eigenvalue weighted by Crippen LogP contribution is 2.63. The summed E-state index contributed by atoms with van der Waals surface area (Å²) in [5.74, 6) is -1.72. The first-order chi connectivity index (χ1) is 21.8. The van der Waals surface area contributed by atoms with Crippen LogP contribution in [0.4, 0.5) is 35.1 Å². The Morgan fingerprint density at radius 1 is 0.630 bits per heavy atom. The molecule has 2 aromatic rings. The van der Waals surface area contributed by atoms with Gasteiger partial charge in [0.2, 0.25) is 6.19 Å². The van der Waals surface area contributed by atoms with Crippen LogP contribution < -0.4 is 0 Å². The van der Waals surface area contributed by atoms with Crippen molar-refractivity contribution < 1.29 is 35.1 Å². The van der Waals surface area contributed by atoms with Crippen molar-refractivity contribution in [1.29, 1.82) is 10.7 Å². The molecule has 11 heteroatoms. The fourth-order valence-corrected chi connectivity index (χ4v) is 10.4. The second-order valence-electron chi connectivity index (χ2n) is 14.1. The molecular weight excluding hydrogens is 614 g/mol. The molecule has 5 saturated carbocycles. The summed E-state index contributed by atoms with van der Waals surface area (Å²) < 4.78 is 108. The number of nitriles is 1. The molecule has 0 amide bonds. The van der Waals surface area contributed by atoms with Gasteiger partial charge in [-0.1, -0.05) is 12.1 Å². The molecular formula is C35H33F8N3. The lowest BCUT2D eigenvalue weighted by atomic mass is 9.63. The molecule has 2 aromatic carbocycles. The van der Waals surface area contributed by atoms with Gasteiger partial charge in [-0.25, -0.2) is 8.78 Å². The van der Waals surface area contributed by atoms with Crippen LogP contribution in [0.3, 0.4) is 0 Å². The molecule has 46 heavy (non-hydrogen) atoms. The fourth-order valence-electron chi connectivity index (χ4n) is 10.4. The first kappa shape index (κ1) is 31.3. The van der Waals surface area contributed by atoms with Crippen LogP contribution in [0.15, 0.2) is 41.4 Å². The number of nitrogens with zero attached hydrogens (tertiary/aromatic N) is 2. The summed E-state index contributed by atoms with van der Waals surface area (Å²) in [4.78, 5) is 4.31. The molecule has 10 unspecified atom stereocenters. The van der Waals surface area contributed by atoms with E-state index in [4.69, 9.17) is 0 Å². The monoisotopic (exact) mass is 647 g/mol. The van der Waals surface area contributed by atoms with E-state index in [1.54, 1.807) is 0 Å². The molecule has 1 N–H and O–H groups in total. The van der Waals surface area contributed by atoms with Crippen LogP contribution in [0.2, 0.25) is 0 Å². The van der Waals surface area contributed by atoms with Crippen LogP contribution in [-0.4, -0.2) is 11.4 Å². The molecule has 0 saturated heterocycles. The fraction of sp³-hybridized carbons (Fsp3) is 0.571. The highest BCUT2D eigenvalue weighted by Gasteiger charge is 2.59. The molecule has 0 bridgehead atoms. The maximum atomic E-state index is 14.4. The summed E-state index contributed by atoms with van der Waals surface area (Å²) in [5.41, 5.74) is -0.0226. The van der Waals surface area contributed by atoms with Crippen molar-refractivity contribution in [3.05, 3.63) is 70.3 Å². The maximum absolute atomic E-state index is 14.4. The third kappa shape index (κ3) is 5.14. The van der Waals surface area contributed by atoms with Crippen LogP contribution in [0, 0.1) is 75.8 Å². The Kier molecular flexibility index (Phi) is 7.60. The van der Waals surface area contributed by atoms with Gasteiger partial charge in [0.1, 0.15) is 11.6 Å². The van der Waals surface area contributed by atoms with Gasteiger partial charge in [0, 0.05) is 35.1 Å². The van der Waals surface area contributed by atoms with Gasteiger partial charge in [0.05, 0.1) is 11.1 Å². The summed E-state index contributed by atoms with van der Waals surface area (Å²) in [6, 6.07) is 6.35. The van der Waals surface area contributed by atoms with Crippen LogP contribution in [0.25, 0.3) is 0 Å². The van der Waals surface area contributed by atoms with Gasteiger partial charge in [0.15, 0.2) is 0 Å². The Balaban J connectivity index is 1.08. The zero-order chi connectivity index (χ0) is 32.7. The number of fused-ring (bicyclic) bond motifs is 6. The lowest BCUT2D eigenvalue weighted by molar-refractivity contribution is -0.140. The second-order valence-corrected chi connectivity index (χ2v) is 14.1. The minimum Gasteiger partial charge on any atom is -0.309 e. The van der Waals surface area contributed by atoms with Gasteiger partial charge >= 0.3 is 12.4 Å². The molecule has 7 rings (SSSR count). The molecule has 5 aliphatic rings. The highest BCUT2D eigenvalue weighted by atomic mass is 19.4. The van der Waals surface area contributed by atoms with Crippen molar-refractivity contribution in [3.8, 4) is 6.19 Å². The van der Waals surface area contributed by atoms with E-state index in [0.29, 0.717) is 42.5 Å². The summed E-state index contributed by atoms with van der Waals surface area (Å²) in [6.45, 7) is 0. The quantitative estimate of drug-likeness (QED) is 0.256. The molecule has 10 atom stereocenters. The Hall–Kier alpha value is -3.29. The number of aliphatic imine (C=N–C) groups is 1. The number of rotatable bonds is 2. The number of hydrogen-bond acceptors (Lipinski definition) is 3. The molecule has 5 fully saturated rings. The Bertz CT molecular complexity index is 1620. The summed E-state index contributed by atoms with van der Waals surface area (Å²) in [5, 5.41) is 18.8. The molecule has 0 aromatic heterocycles. The van der Waals surface area contributed by atoms with E-state index in [1.807, 2.05) is 6.19 Å². The van der Waals surface area contributed by atoms with E-state index in [0.717, 1.165) is 55.7 Å².